The molecule has 0 saturated carbocycles. The Morgan fingerprint density at radius 1 is 1.17 bits per heavy atom. The molecule has 4 nitrogen and oxygen atoms in total. The molecule has 1 aliphatic carbocycles. The first-order valence-corrected chi connectivity index (χ1v) is 8.09. The molecule has 23 heavy (non-hydrogen) atoms. The van der Waals surface area contributed by atoms with Gasteiger partial charge < -0.3 is 9.47 Å². The number of rotatable bonds is 3. The van der Waals surface area contributed by atoms with Gasteiger partial charge in [0.1, 0.15) is 5.56 Å². The average molecular weight is 310 g/mol. The Bertz CT molecular complexity index is 778. The second kappa shape index (κ2) is 6.41. The summed E-state index contributed by atoms with van der Waals surface area (Å²) in [6.07, 6.45) is 4.11. The molecule has 2 aromatic rings. The van der Waals surface area contributed by atoms with Gasteiger partial charge in [0.15, 0.2) is 0 Å². The van der Waals surface area contributed by atoms with Gasteiger partial charge in [-0.2, -0.15) is 0 Å². The molecule has 1 heterocycles. The van der Waals surface area contributed by atoms with Gasteiger partial charge in [0, 0.05) is 26.3 Å². The van der Waals surface area contributed by atoms with Gasteiger partial charge in [0.05, 0.1) is 0 Å². The predicted octanol–water partition coefficient (Wildman–Crippen LogP) is 2.54. The zero-order valence-electron chi connectivity index (χ0n) is 13.7. The summed E-state index contributed by atoms with van der Waals surface area (Å²) in [5.41, 5.74) is 3.39. The van der Waals surface area contributed by atoms with Crippen LogP contribution in [0.5, 0.6) is 0 Å². The number of aryl methyl sites for hydroxylation is 1. The summed E-state index contributed by atoms with van der Waals surface area (Å²) in [5, 5.41) is 0. The lowest BCUT2D eigenvalue weighted by molar-refractivity contribution is 0.0782. The van der Waals surface area contributed by atoms with E-state index in [9.17, 15) is 9.59 Å². The van der Waals surface area contributed by atoms with E-state index in [2.05, 4.69) is 0 Å². The summed E-state index contributed by atoms with van der Waals surface area (Å²) >= 11 is 0. The number of amides is 1. The Morgan fingerprint density at radius 3 is 2.61 bits per heavy atom. The Kier molecular flexibility index (Phi) is 4.33. The SMILES string of the molecule is CN(Cc1ccccc1)C(=O)c1cc2c(n(C)c1=O)CCCC2. The van der Waals surface area contributed by atoms with Gasteiger partial charge in [0.25, 0.3) is 11.5 Å². The van der Waals surface area contributed by atoms with Crippen LogP contribution in [0, 0.1) is 0 Å². The topological polar surface area (TPSA) is 42.3 Å². The van der Waals surface area contributed by atoms with Crippen LogP contribution in [-0.2, 0) is 26.4 Å². The van der Waals surface area contributed by atoms with Crippen molar-refractivity contribution in [3.8, 4) is 0 Å². The lowest BCUT2D eigenvalue weighted by Crippen LogP contribution is -2.35. The van der Waals surface area contributed by atoms with E-state index in [-0.39, 0.29) is 17.0 Å². The molecule has 4 heteroatoms. The number of pyridine rings is 1. The Hall–Kier alpha value is -2.36. The molecule has 0 aliphatic heterocycles. The fraction of sp³-hybridized carbons (Fsp3) is 0.368. The fourth-order valence-electron chi connectivity index (χ4n) is 3.28. The summed E-state index contributed by atoms with van der Waals surface area (Å²) in [6.45, 7) is 0.500. The Labute approximate surface area is 136 Å². The van der Waals surface area contributed by atoms with E-state index in [0.717, 1.165) is 42.5 Å². The molecule has 3 rings (SSSR count). The number of fused-ring (bicyclic) bond motifs is 1. The van der Waals surface area contributed by atoms with E-state index in [4.69, 9.17) is 0 Å². The molecule has 0 radical (unpaired) electrons. The van der Waals surface area contributed by atoms with Crippen molar-refractivity contribution in [3.63, 3.8) is 0 Å². The summed E-state index contributed by atoms with van der Waals surface area (Å²) in [7, 11) is 3.52. The minimum Gasteiger partial charge on any atom is -0.337 e. The molecule has 1 aliphatic rings. The average Bonchev–Trinajstić information content (AvgIpc) is 2.58. The lowest BCUT2D eigenvalue weighted by Gasteiger charge is -2.22. The highest BCUT2D eigenvalue weighted by molar-refractivity contribution is 5.94. The van der Waals surface area contributed by atoms with Crippen LogP contribution in [0.2, 0.25) is 0 Å². The van der Waals surface area contributed by atoms with Crippen LogP contribution in [0.25, 0.3) is 0 Å². The number of hydrogen-bond donors (Lipinski definition) is 0. The van der Waals surface area contributed by atoms with Crippen molar-refractivity contribution in [2.24, 2.45) is 7.05 Å². The van der Waals surface area contributed by atoms with Gasteiger partial charge in [-0.05, 0) is 42.9 Å². The van der Waals surface area contributed by atoms with Crippen molar-refractivity contribution in [2.45, 2.75) is 32.2 Å². The molecular weight excluding hydrogens is 288 g/mol. The van der Waals surface area contributed by atoms with Crippen LogP contribution in [0.1, 0.15) is 40.0 Å². The molecule has 0 fully saturated rings. The number of nitrogens with zero attached hydrogens (tertiary/aromatic N) is 2. The third-order valence-electron chi connectivity index (χ3n) is 4.58. The minimum absolute atomic E-state index is 0.185. The van der Waals surface area contributed by atoms with Crippen molar-refractivity contribution >= 4 is 5.91 Å². The van der Waals surface area contributed by atoms with Crippen LogP contribution in [-0.4, -0.2) is 22.4 Å². The third kappa shape index (κ3) is 3.07. The van der Waals surface area contributed by atoms with Crippen molar-refractivity contribution in [3.05, 3.63) is 69.1 Å². The highest BCUT2D eigenvalue weighted by Crippen LogP contribution is 2.20. The van der Waals surface area contributed by atoms with Gasteiger partial charge in [-0.1, -0.05) is 30.3 Å². The van der Waals surface area contributed by atoms with Crippen molar-refractivity contribution < 1.29 is 4.79 Å². The summed E-state index contributed by atoms with van der Waals surface area (Å²) in [4.78, 5) is 26.9. The number of benzene rings is 1. The zero-order valence-corrected chi connectivity index (χ0v) is 13.7. The smallest absolute Gasteiger partial charge is 0.263 e. The van der Waals surface area contributed by atoms with Crippen molar-refractivity contribution in [2.75, 3.05) is 7.05 Å². The van der Waals surface area contributed by atoms with Crippen LogP contribution >= 0.6 is 0 Å². The monoisotopic (exact) mass is 310 g/mol. The quantitative estimate of drug-likeness (QED) is 0.874. The molecule has 0 saturated heterocycles. The molecule has 0 unspecified atom stereocenters. The van der Waals surface area contributed by atoms with E-state index in [1.807, 2.05) is 36.4 Å². The van der Waals surface area contributed by atoms with Crippen LogP contribution in [0.15, 0.2) is 41.2 Å². The molecule has 0 bridgehead atoms. The Balaban J connectivity index is 1.90. The zero-order chi connectivity index (χ0) is 16.4. The van der Waals surface area contributed by atoms with E-state index in [1.165, 1.54) is 0 Å². The van der Waals surface area contributed by atoms with E-state index in [0.29, 0.717) is 6.54 Å². The van der Waals surface area contributed by atoms with Gasteiger partial charge in [-0.25, -0.2) is 0 Å². The van der Waals surface area contributed by atoms with Gasteiger partial charge in [-0.3, -0.25) is 9.59 Å². The van der Waals surface area contributed by atoms with E-state index >= 15 is 0 Å². The molecule has 1 aromatic heterocycles. The molecular formula is C19H22N2O2. The summed E-state index contributed by atoms with van der Waals surface area (Å²) in [5.74, 6) is -0.206. The molecule has 0 N–H and O–H groups in total. The first-order valence-electron chi connectivity index (χ1n) is 8.09. The predicted molar refractivity (Wildman–Crippen MR) is 90.6 cm³/mol. The van der Waals surface area contributed by atoms with Crippen molar-refractivity contribution in [1.82, 2.24) is 9.47 Å². The highest BCUT2D eigenvalue weighted by atomic mass is 16.2. The van der Waals surface area contributed by atoms with Gasteiger partial charge in [0.2, 0.25) is 0 Å². The second-order valence-corrected chi connectivity index (χ2v) is 6.25. The van der Waals surface area contributed by atoms with Gasteiger partial charge >= 0.3 is 0 Å². The molecule has 0 atom stereocenters. The lowest BCUT2D eigenvalue weighted by atomic mass is 9.94. The molecule has 120 valence electrons. The maximum Gasteiger partial charge on any atom is 0.263 e. The van der Waals surface area contributed by atoms with Crippen LogP contribution < -0.4 is 5.56 Å². The normalized spacial score (nSPS) is 13.5. The van der Waals surface area contributed by atoms with Crippen LogP contribution in [0.4, 0.5) is 0 Å². The Morgan fingerprint density at radius 2 is 1.87 bits per heavy atom. The van der Waals surface area contributed by atoms with Crippen molar-refractivity contribution in [1.29, 1.82) is 0 Å². The molecule has 1 amide bonds. The second-order valence-electron chi connectivity index (χ2n) is 6.25. The fourth-order valence-corrected chi connectivity index (χ4v) is 3.28. The maximum absolute atomic E-state index is 12.7. The number of aromatic nitrogens is 1. The number of carbonyl (C=O) groups is 1. The maximum atomic E-state index is 12.7. The summed E-state index contributed by atoms with van der Waals surface area (Å²) in [6, 6.07) is 11.6. The minimum atomic E-state index is -0.206. The first kappa shape index (κ1) is 15.5. The molecule has 0 spiro atoms. The highest BCUT2D eigenvalue weighted by Gasteiger charge is 2.21. The molecule has 1 aromatic carbocycles. The standard InChI is InChI=1S/C19H22N2O2/c1-20(13-14-8-4-3-5-9-14)18(22)16-12-15-10-6-7-11-17(15)21(2)19(16)23/h3-5,8-9,12H,6-7,10-11,13H2,1-2H3. The third-order valence-corrected chi connectivity index (χ3v) is 4.58. The van der Waals surface area contributed by atoms with E-state index in [1.54, 1.807) is 23.6 Å². The first-order chi connectivity index (χ1) is 11.1. The largest absolute Gasteiger partial charge is 0.337 e. The van der Waals surface area contributed by atoms with Gasteiger partial charge in [-0.15, -0.1) is 0 Å². The number of hydrogen-bond acceptors (Lipinski definition) is 2. The van der Waals surface area contributed by atoms with Crippen LogP contribution in [0.3, 0.4) is 0 Å². The summed E-state index contributed by atoms with van der Waals surface area (Å²) < 4.78 is 1.66. The number of carbonyl (C=O) groups excluding carboxylic acids is 1. The van der Waals surface area contributed by atoms with E-state index < -0.39 is 0 Å².